The summed E-state index contributed by atoms with van der Waals surface area (Å²) in [6, 6.07) is 12.7. The minimum Gasteiger partial charge on any atom is -0.744 e. The van der Waals surface area contributed by atoms with Gasteiger partial charge in [-0.2, -0.15) is 0 Å². The molecule has 8 heteroatoms. The molecular weight excluding hydrogens is 422 g/mol. The Kier molecular flexibility index (Phi) is 7.63. The first-order valence-electron chi connectivity index (χ1n) is 5.67. The van der Waals surface area contributed by atoms with Crippen LogP contribution in [0.1, 0.15) is 11.1 Å². The van der Waals surface area contributed by atoms with Crippen LogP contribution < -0.4 is 29.6 Å². The maximum atomic E-state index is 11.3. The summed E-state index contributed by atoms with van der Waals surface area (Å²) in [6.45, 7) is 0. The Morgan fingerprint density at radius 1 is 0.955 bits per heavy atom. The molecule has 110 valence electrons. The fourth-order valence-corrected chi connectivity index (χ4v) is 3.21. The minimum atomic E-state index is -4.64. The van der Waals surface area contributed by atoms with Crippen molar-refractivity contribution < 1.29 is 42.5 Å². The third kappa shape index (κ3) is 4.82. The molecule has 0 unspecified atom stereocenters. The van der Waals surface area contributed by atoms with Gasteiger partial charge in [-0.25, -0.2) is 8.42 Å². The van der Waals surface area contributed by atoms with Crippen molar-refractivity contribution >= 4 is 59.3 Å². The summed E-state index contributed by atoms with van der Waals surface area (Å²) in [7, 11) is -4.64. The van der Waals surface area contributed by atoms with Crippen LogP contribution in [0.15, 0.2) is 57.9 Å². The number of hydrogen-bond donors (Lipinski definition) is 0. The van der Waals surface area contributed by atoms with E-state index in [1.165, 1.54) is 18.2 Å². The maximum Gasteiger partial charge on any atom is 1.00 e. The van der Waals surface area contributed by atoms with Gasteiger partial charge in [0.25, 0.3) is 0 Å². The normalized spacial score (nSPS) is 12.4. The van der Waals surface area contributed by atoms with Gasteiger partial charge in [0.05, 0.1) is 15.0 Å². The molecule has 0 bridgehead atoms. The van der Waals surface area contributed by atoms with Crippen LogP contribution >= 0.6 is 39.1 Å². The van der Waals surface area contributed by atoms with E-state index in [2.05, 4.69) is 15.9 Å². The summed E-state index contributed by atoms with van der Waals surface area (Å²) in [5, 5.41) is 0.175. The average molecular weight is 430 g/mol. The molecular formula is C14H8BrCl2NaO3S. The molecule has 2 aromatic carbocycles. The van der Waals surface area contributed by atoms with E-state index in [-0.39, 0.29) is 45.2 Å². The first kappa shape index (κ1) is 20.2. The van der Waals surface area contributed by atoms with E-state index in [4.69, 9.17) is 23.2 Å². The second-order valence-electron chi connectivity index (χ2n) is 4.09. The summed E-state index contributed by atoms with van der Waals surface area (Å²) in [4.78, 5) is -0.398. The molecule has 0 aliphatic carbocycles. The zero-order valence-corrected chi connectivity index (χ0v) is 17.3. The molecule has 0 amide bonds. The van der Waals surface area contributed by atoms with E-state index in [9.17, 15) is 13.0 Å². The number of hydrogen-bond acceptors (Lipinski definition) is 3. The Bertz CT molecular complexity index is 805. The van der Waals surface area contributed by atoms with Gasteiger partial charge in [0, 0.05) is 10.0 Å². The SMILES string of the molecule is O=S(=O)([O-])c1ccccc1/C(Cl)=C(\Cl)c1ccc(Br)cc1.[Na+]. The van der Waals surface area contributed by atoms with Crippen molar-refractivity contribution in [1.29, 1.82) is 0 Å². The predicted octanol–water partition coefficient (Wildman–Crippen LogP) is 1.66. The van der Waals surface area contributed by atoms with Gasteiger partial charge in [0.2, 0.25) is 0 Å². The fourth-order valence-electron chi connectivity index (χ4n) is 1.71. The number of benzene rings is 2. The Labute approximate surface area is 169 Å². The van der Waals surface area contributed by atoms with Gasteiger partial charge in [0.1, 0.15) is 10.1 Å². The zero-order valence-electron chi connectivity index (χ0n) is 11.4. The third-order valence-electron chi connectivity index (χ3n) is 2.68. The van der Waals surface area contributed by atoms with Crippen molar-refractivity contribution in [1.82, 2.24) is 0 Å². The van der Waals surface area contributed by atoms with E-state index in [0.29, 0.717) is 5.56 Å². The summed E-state index contributed by atoms with van der Waals surface area (Å²) in [6.07, 6.45) is 0. The molecule has 0 fully saturated rings. The van der Waals surface area contributed by atoms with Gasteiger partial charge in [0.15, 0.2) is 0 Å². The van der Waals surface area contributed by atoms with Crippen LogP contribution in [0, 0.1) is 0 Å². The Balaban J connectivity index is 0.00000242. The molecule has 0 N–H and O–H groups in total. The zero-order chi connectivity index (χ0) is 15.6. The summed E-state index contributed by atoms with van der Waals surface area (Å²) >= 11 is 15.7. The largest absolute Gasteiger partial charge is 1.00 e. The van der Waals surface area contributed by atoms with Crippen molar-refractivity contribution in [3.05, 3.63) is 64.1 Å². The van der Waals surface area contributed by atoms with Crippen molar-refractivity contribution in [2.75, 3.05) is 0 Å². The van der Waals surface area contributed by atoms with Gasteiger partial charge in [-0.05, 0) is 23.8 Å². The summed E-state index contributed by atoms with van der Waals surface area (Å²) in [5.74, 6) is 0. The standard InChI is InChI=1S/C14H9BrCl2O3S.Na/c15-10-7-5-9(6-8-10)13(16)14(17)11-3-1-2-4-12(11)21(18,19)20;/h1-8H,(H,18,19,20);/q;+1/p-1/b14-13+;. The monoisotopic (exact) mass is 428 g/mol. The topological polar surface area (TPSA) is 57.2 Å². The van der Waals surface area contributed by atoms with Gasteiger partial charge in [-0.1, -0.05) is 69.5 Å². The van der Waals surface area contributed by atoms with E-state index >= 15 is 0 Å². The van der Waals surface area contributed by atoms with Gasteiger partial charge < -0.3 is 4.55 Å². The van der Waals surface area contributed by atoms with Crippen LogP contribution in [-0.2, 0) is 10.1 Å². The second kappa shape index (κ2) is 8.31. The Hall–Kier alpha value is 0.150. The molecule has 2 rings (SSSR count). The molecule has 0 heterocycles. The van der Waals surface area contributed by atoms with E-state index < -0.39 is 15.0 Å². The first-order chi connectivity index (χ1) is 9.80. The summed E-state index contributed by atoms with van der Waals surface area (Å²) < 4.78 is 34.7. The fraction of sp³-hybridized carbons (Fsp3) is 0. The number of halogens is 3. The molecule has 0 saturated carbocycles. The van der Waals surface area contributed by atoms with E-state index in [1.807, 2.05) is 0 Å². The molecule has 0 saturated heterocycles. The molecule has 0 spiro atoms. The molecule has 3 nitrogen and oxygen atoms in total. The predicted molar refractivity (Wildman–Crippen MR) is 87.1 cm³/mol. The van der Waals surface area contributed by atoms with Gasteiger partial charge >= 0.3 is 29.6 Å². The first-order valence-corrected chi connectivity index (χ1v) is 8.63. The van der Waals surface area contributed by atoms with Crippen LogP contribution in [0.5, 0.6) is 0 Å². The van der Waals surface area contributed by atoms with E-state index in [0.717, 1.165) is 4.47 Å². The number of rotatable bonds is 3. The van der Waals surface area contributed by atoms with Crippen LogP contribution in [0.25, 0.3) is 10.1 Å². The third-order valence-corrected chi connectivity index (χ3v) is 5.00. The van der Waals surface area contributed by atoms with Gasteiger partial charge in [-0.3, -0.25) is 0 Å². The molecule has 0 aliphatic heterocycles. The smallest absolute Gasteiger partial charge is 0.744 e. The van der Waals surface area contributed by atoms with Crippen LogP contribution in [-0.4, -0.2) is 13.0 Å². The van der Waals surface area contributed by atoms with Crippen LogP contribution in [0.4, 0.5) is 0 Å². The van der Waals surface area contributed by atoms with Crippen molar-refractivity contribution in [3.8, 4) is 0 Å². The van der Waals surface area contributed by atoms with Gasteiger partial charge in [-0.15, -0.1) is 0 Å². The molecule has 0 atom stereocenters. The second-order valence-corrected chi connectivity index (χ2v) is 7.10. The summed E-state index contributed by atoms with van der Waals surface area (Å²) in [5.41, 5.74) is 0.699. The molecule has 2 aromatic rings. The quantitative estimate of drug-likeness (QED) is 0.423. The Morgan fingerprint density at radius 3 is 2.05 bits per heavy atom. The molecule has 0 aliphatic rings. The van der Waals surface area contributed by atoms with Crippen molar-refractivity contribution in [2.45, 2.75) is 4.90 Å². The Morgan fingerprint density at radius 2 is 1.50 bits per heavy atom. The average Bonchev–Trinajstić information content (AvgIpc) is 2.45. The molecule has 0 radical (unpaired) electrons. The van der Waals surface area contributed by atoms with Crippen molar-refractivity contribution in [2.24, 2.45) is 0 Å². The maximum absolute atomic E-state index is 11.3. The van der Waals surface area contributed by atoms with Crippen LogP contribution in [0.2, 0.25) is 0 Å². The molecule has 0 aromatic heterocycles. The minimum absolute atomic E-state index is 0. The van der Waals surface area contributed by atoms with Crippen LogP contribution in [0.3, 0.4) is 0 Å². The molecule has 22 heavy (non-hydrogen) atoms. The van der Waals surface area contributed by atoms with E-state index in [1.54, 1.807) is 30.3 Å². The van der Waals surface area contributed by atoms with Crippen molar-refractivity contribution in [3.63, 3.8) is 0 Å².